The average molecular weight is 368 g/mol. The summed E-state index contributed by atoms with van der Waals surface area (Å²) >= 11 is 0. The molecule has 0 aliphatic heterocycles. The molecule has 1 amide bonds. The predicted molar refractivity (Wildman–Crippen MR) is 93.5 cm³/mol. The highest BCUT2D eigenvalue weighted by Crippen LogP contribution is 2.35. The van der Waals surface area contributed by atoms with Gasteiger partial charge in [-0.2, -0.15) is 0 Å². The van der Waals surface area contributed by atoms with E-state index in [2.05, 4.69) is 0 Å². The molecule has 0 aliphatic rings. The molecule has 0 radical (unpaired) electrons. The van der Waals surface area contributed by atoms with Gasteiger partial charge in [0.15, 0.2) is 17.3 Å². The maximum absolute atomic E-state index is 12.6. The first-order chi connectivity index (χ1) is 12.4. The van der Waals surface area contributed by atoms with E-state index < -0.39 is 23.2 Å². The molecule has 0 saturated carbocycles. The second-order valence-corrected chi connectivity index (χ2v) is 5.52. The maximum atomic E-state index is 12.6. The number of unbranched alkanes of at least 4 members (excludes halogenated alkanes) is 1. The Balaban J connectivity index is 3.28. The van der Waals surface area contributed by atoms with E-state index in [9.17, 15) is 24.8 Å². The molecular formula is C17H24N2O7. The molecule has 144 valence electrons. The number of amides is 1. The largest absolute Gasteiger partial charge is 0.493 e. The first-order valence-corrected chi connectivity index (χ1v) is 8.30. The Bertz CT molecular complexity index is 661. The van der Waals surface area contributed by atoms with Crippen molar-refractivity contribution in [2.45, 2.75) is 33.1 Å². The third-order valence-corrected chi connectivity index (χ3v) is 3.68. The number of ketones is 1. The molecule has 0 unspecified atom stereocenters. The lowest BCUT2D eigenvalue weighted by Gasteiger charge is -2.20. The summed E-state index contributed by atoms with van der Waals surface area (Å²) in [5.41, 5.74) is -0.766. The quantitative estimate of drug-likeness (QED) is 0.275. The first kappa shape index (κ1) is 21.4. The molecule has 0 aliphatic carbocycles. The summed E-state index contributed by atoms with van der Waals surface area (Å²) in [5.74, 6) is -0.792. The van der Waals surface area contributed by atoms with Crippen LogP contribution in [0.4, 0.5) is 5.69 Å². The fraction of sp³-hybridized carbons (Fsp3) is 0.529. The molecule has 9 nitrogen and oxygen atoms in total. The van der Waals surface area contributed by atoms with Crippen LogP contribution in [-0.4, -0.2) is 53.6 Å². The highest BCUT2D eigenvalue weighted by atomic mass is 16.6. The zero-order chi connectivity index (χ0) is 19.7. The monoisotopic (exact) mass is 368 g/mol. The van der Waals surface area contributed by atoms with Crippen LogP contribution in [0.2, 0.25) is 0 Å². The van der Waals surface area contributed by atoms with Gasteiger partial charge in [0.05, 0.1) is 31.3 Å². The Morgan fingerprint density at radius 3 is 2.46 bits per heavy atom. The lowest BCUT2D eigenvalue weighted by atomic mass is 10.1. The van der Waals surface area contributed by atoms with Gasteiger partial charge in [0.25, 0.3) is 11.6 Å². The van der Waals surface area contributed by atoms with Crippen LogP contribution in [0.25, 0.3) is 0 Å². The zero-order valence-corrected chi connectivity index (χ0v) is 15.2. The number of carbonyl (C=O) groups excluding carboxylic acids is 2. The number of benzene rings is 1. The van der Waals surface area contributed by atoms with Gasteiger partial charge in [-0.25, -0.2) is 0 Å². The molecule has 0 saturated heterocycles. The number of aliphatic hydroxyl groups excluding tert-OH is 1. The van der Waals surface area contributed by atoms with E-state index in [0.29, 0.717) is 6.61 Å². The van der Waals surface area contributed by atoms with Crippen molar-refractivity contribution < 1.29 is 29.1 Å². The topological polar surface area (TPSA) is 119 Å². The molecule has 0 bridgehead atoms. The summed E-state index contributed by atoms with van der Waals surface area (Å²) < 4.78 is 10.7. The van der Waals surface area contributed by atoms with Gasteiger partial charge in [0.2, 0.25) is 0 Å². The van der Waals surface area contributed by atoms with Crippen LogP contribution in [0.3, 0.4) is 0 Å². The van der Waals surface area contributed by atoms with E-state index in [-0.39, 0.29) is 35.8 Å². The van der Waals surface area contributed by atoms with Gasteiger partial charge >= 0.3 is 0 Å². The number of carbonyl (C=O) groups is 2. The highest BCUT2D eigenvalue weighted by Gasteiger charge is 2.28. The molecule has 0 atom stereocenters. The van der Waals surface area contributed by atoms with Gasteiger partial charge in [-0.15, -0.1) is 0 Å². The number of Topliss-reactive ketones (excluding diaryl/α,β-unsaturated/α-hetero) is 1. The fourth-order valence-corrected chi connectivity index (χ4v) is 2.15. The SMILES string of the molecule is CCCCOc1cc([N+](=O)[O-])c(C(=O)N(CO)CC(=O)CC)cc1OC. The van der Waals surface area contributed by atoms with Crippen LogP contribution in [0, 0.1) is 10.1 Å². The van der Waals surface area contributed by atoms with Gasteiger partial charge < -0.3 is 19.5 Å². The summed E-state index contributed by atoms with van der Waals surface area (Å²) in [6, 6.07) is 2.32. The molecule has 0 aromatic heterocycles. The summed E-state index contributed by atoms with van der Waals surface area (Å²) in [6.45, 7) is 2.88. The number of nitro benzene ring substituents is 1. The van der Waals surface area contributed by atoms with Crippen LogP contribution < -0.4 is 9.47 Å². The highest BCUT2D eigenvalue weighted by molar-refractivity contribution is 6.00. The molecule has 0 heterocycles. The minimum Gasteiger partial charge on any atom is -0.493 e. The number of hydrogen-bond acceptors (Lipinski definition) is 7. The van der Waals surface area contributed by atoms with E-state index in [4.69, 9.17) is 9.47 Å². The maximum Gasteiger partial charge on any atom is 0.286 e. The van der Waals surface area contributed by atoms with Crippen LogP contribution in [0.15, 0.2) is 12.1 Å². The standard InChI is InChI=1S/C17H24N2O7/c1-4-6-7-26-16-9-14(19(23)24)13(8-15(16)25-3)17(22)18(11-20)10-12(21)5-2/h8-9,20H,4-7,10-11H2,1-3H3. The van der Waals surface area contributed by atoms with Crippen LogP contribution in [0.1, 0.15) is 43.5 Å². The van der Waals surface area contributed by atoms with E-state index in [1.165, 1.54) is 13.2 Å². The van der Waals surface area contributed by atoms with Gasteiger partial charge in [0.1, 0.15) is 12.3 Å². The molecule has 0 spiro atoms. The van der Waals surface area contributed by atoms with Gasteiger partial charge in [-0.3, -0.25) is 19.7 Å². The van der Waals surface area contributed by atoms with Crippen LogP contribution in [-0.2, 0) is 4.79 Å². The Hall–Kier alpha value is -2.68. The molecule has 1 aromatic rings. The van der Waals surface area contributed by atoms with Gasteiger partial charge in [0, 0.05) is 12.5 Å². The molecule has 1 aromatic carbocycles. The summed E-state index contributed by atoms with van der Waals surface area (Å²) in [4.78, 5) is 35.7. The van der Waals surface area contributed by atoms with Crippen molar-refractivity contribution in [2.24, 2.45) is 0 Å². The van der Waals surface area contributed by atoms with E-state index in [0.717, 1.165) is 23.8 Å². The van der Waals surface area contributed by atoms with Crippen molar-refractivity contribution in [3.05, 3.63) is 27.8 Å². The molecular weight excluding hydrogens is 344 g/mol. The zero-order valence-electron chi connectivity index (χ0n) is 15.2. The number of rotatable bonds is 11. The van der Waals surface area contributed by atoms with Crippen molar-refractivity contribution in [1.29, 1.82) is 0 Å². The number of nitrogens with zero attached hydrogens (tertiary/aromatic N) is 2. The summed E-state index contributed by atoms with van der Waals surface area (Å²) in [6.07, 6.45) is 1.83. The predicted octanol–water partition coefficient (Wildman–Crippen LogP) is 2.15. The number of hydrogen-bond donors (Lipinski definition) is 1. The Morgan fingerprint density at radius 1 is 1.27 bits per heavy atom. The van der Waals surface area contributed by atoms with E-state index >= 15 is 0 Å². The Labute approximate surface area is 151 Å². The number of ether oxygens (including phenoxy) is 2. The molecule has 26 heavy (non-hydrogen) atoms. The second kappa shape index (κ2) is 10.3. The average Bonchev–Trinajstić information content (AvgIpc) is 2.64. The molecule has 1 rings (SSSR count). The molecule has 1 N–H and O–H groups in total. The van der Waals surface area contributed by atoms with E-state index in [1.807, 2.05) is 6.92 Å². The minimum atomic E-state index is -0.834. The Kier molecular flexibility index (Phi) is 8.50. The van der Waals surface area contributed by atoms with Crippen molar-refractivity contribution in [3.8, 4) is 11.5 Å². The minimum absolute atomic E-state index is 0.157. The summed E-state index contributed by atoms with van der Waals surface area (Å²) in [5, 5.41) is 20.8. The normalized spacial score (nSPS) is 10.3. The summed E-state index contributed by atoms with van der Waals surface area (Å²) in [7, 11) is 1.35. The van der Waals surface area contributed by atoms with Crippen LogP contribution >= 0.6 is 0 Å². The van der Waals surface area contributed by atoms with Crippen LogP contribution in [0.5, 0.6) is 11.5 Å². The first-order valence-electron chi connectivity index (χ1n) is 8.30. The smallest absolute Gasteiger partial charge is 0.286 e. The second-order valence-electron chi connectivity index (χ2n) is 5.52. The number of methoxy groups -OCH3 is 1. The lowest BCUT2D eigenvalue weighted by molar-refractivity contribution is -0.385. The van der Waals surface area contributed by atoms with E-state index in [1.54, 1.807) is 6.92 Å². The van der Waals surface area contributed by atoms with Crippen molar-refractivity contribution in [1.82, 2.24) is 4.90 Å². The molecule has 9 heteroatoms. The van der Waals surface area contributed by atoms with Crippen molar-refractivity contribution in [2.75, 3.05) is 27.0 Å². The third kappa shape index (κ3) is 5.41. The molecule has 0 fully saturated rings. The van der Waals surface area contributed by atoms with Gasteiger partial charge in [-0.05, 0) is 6.42 Å². The fourth-order valence-electron chi connectivity index (χ4n) is 2.15. The van der Waals surface area contributed by atoms with Crippen molar-refractivity contribution >= 4 is 17.4 Å². The lowest BCUT2D eigenvalue weighted by Crippen LogP contribution is -2.36. The van der Waals surface area contributed by atoms with Crippen molar-refractivity contribution in [3.63, 3.8) is 0 Å². The number of aliphatic hydroxyl groups is 1. The van der Waals surface area contributed by atoms with Gasteiger partial charge in [-0.1, -0.05) is 20.3 Å². The number of nitro groups is 1. The third-order valence-electron chi connectivity index (χ3n) is 3.68. The Morgan fingerprint density at radius 2 is 1.96 bits per heavy atom.